The number of hydrogen-bond acceptors (Lipinski definition) is 6. The van der Waals surface area contributed by atoms with Gasteiger partial charge in [-0.1, -0.05) is 23.2 Å². The number of nitrogens with one attached hydrogen (secondary N) is 1. The van der Waals surface area contributed by atoms with E-state index in [4.69, 9.17) is 32.5 Å². The number of nitrogens with zero attached hydrogens (tertiary/aromatic N) is 2. The van der Waals surface area contributed by atoms with Gasteiger partial charge in [0.1, 0.15) is 5.75 Å². The molecule has 1 amide bonds. The van der Waals surface area contributed by atoms with E-state index in [1.165, 1.54) is 4.68 Å². The molecule has 0 aliphatic rings. The van der Waals surface area contributed by atoms with Crippen LogP contribution in [-0.4, -0.2) is 23.5 Å². The highest BCUT2D eigenvalue weighted by atomic mass is 35.5. The number of carbonyl (C=O) groups excluding carboxylic acids is 1. The Morgan fingerprint density at radius 2 is 2.00 bits per heavy atom. The Kier molecular flexibility index (Phi) is 6.33. The van der Waals surface area contributed by atoms with Crippen molar-refractivity contribution < 1.29 is 23.8 Å². The van der Waals surface area contributed by atoms with Crippen molar-refractivity contribution in [1.29, 1.82) is 0 Å². The minimum absolute atomic E-state index is 0.171. The van der Waals surface area contributed by atoms with Gasteiger partial charge in [-0.15, -0.1) is 0 Å². The second-order valence-corrected chi connectivity index (χ2v) is 7.82. The number of benzene rings is 2. The standard InChI is InChI=1S/C18H15Cl2N3O4S/c1-10(16(24)21-15-9-11(19)3-8-14(15)20)28-17-18(25)27-22-23(17)12-4-6-13(26-2)7-5-12/h3-10H,1-2H3,(H-,21,22,24,25). The zero-order valence-electron chi connectivity index (χ0n) is 14.8. The van der Waals surface area contributed by atoms with Crippen molar-refractivity contribution in [1.82, 2.24) is 5.27 Å². The third-order valence-electron chi connectivity index (χ3n) is 3.73. The Morgan fingerprint density at radius 1 is 1.29 bits per heavy atom. The van der Waals surface area contributed by atoms with E-state index in [-0.39, 0.29) is 10.9 Å². The molecule has 2 aromatic carbocycles. The molecule has 146 valence electrons. The number of hydrogen-bond donors (Lipinski definition) is 1. The van der Waals surface area contributed by atoms with Crippen molar-refractivity contribution in [3.63, 3.8) is 0 Å². The largest absolute Gasteiger partial charge is 0.538 e. The fourth-order valence-corrected chi connectivity index (χ4v) is 3.48. The maximum atomic E-state index is 12.5. The summed E-state index contributed by atoms with van der Waals surface area (Å²) in [6.45, 7) is 1.66. The molecule has 1 N–H and O–H groups in total. The van der Waals surface area contributed by atoms with E-state index < -0.39 is 11.2 Å². The third-order valence-corrected chi connectivity index (χ3v) is 5.43. The molecule has 0 aliphatic heterocycles. The van der Waals surface area contributed by atoms with Gasteiger partial charge in [-0.2, -0.15) is 0 Å². The number of halogens is 2. The van der Waals surface area contributed by atoms with Gasteiger partial charge in [0.15, 0.2) is 5.95 Å². The van der Waals surface area contributed by atoms with Crippen molar-refractivity contribution in [2.75, 3.05) is 12.4 Å². The summed E-state index contributed by atoms with van der Waals surface area (Å²) in [4.78, 5) is 12.5. The number of anilines is 1. The molecule has 0 spiro atoms. The summed E-state index contributed by atoms with van der Waals surface area (Å²) in [5.41, 5.74) is 0.988. The topological polar surface area (TPSA) is 91.3 Å². The van der Waals surface area contributed by atoms with Crippen molar-refractivity contribution in [3.05, 3.63) is 52.5 Å². The molecule has 0 saturated carbocycles. The molecule has 3 rings (SSSR count). The van der Waals surface area contributed by atoms with Gasteiger partial charge in [-0.3, -0.25) is 4.79 Å². The first-order chi connectivity index (χ1) is 13.4. The zero-order valence-corrected chi connectivity index (χ0v) is 17.1. The van der Waals surface area contributed by atoms with E-state index in [1.807, 2.05) is 0 Å². The van der Waals surface area contributed by atoms with Crippen molar-refractivity contribution in [2.45, 2.75) is 17.2 Å². The van der Waals surface area contributed by atoms with E-state index in [9.17, 15) is 9.90 Å². The average Bonchev–Trinajstić information content (AvgIpc) is 3.05. The summed E-state index contributed by atoms with van der Waals surface area (Å²) in [5, 5.41) is 18.9. The Bertz CT molecular complexity index is 995. The lowest BCUT2D eigenvalue weighted by molar-refractivity contribution is -0.705. The second-order valence-electron chi connectivity index (χ2n) is 5.65. The molecule has 28 heavy (non-hydrogen) atoms. The van der Waals surface area contributed by atoms with Gasteiger partial charge < -0.3 is 19.7 Å². The lowest BCUT2D eigenvalue weighted by Crippen LogP contribution is -2.36. The summed E-state index contributed by atoms with van der Waals surface area (Å²) in [7, 11) is 1.56. The van der Waals surface area contributed by atoms with Crippen LogP contribution < -0.4 is 19.8 Å². The van der Waals surface area contributed by atoms with Gasteiger partial charge in [0, 0.05) is 17.2 Å². The van der Waals surface area contributed by atoms with Gasteiger partial charge in [0.05, 0.1) is 28.3 Å². The van der Waals surface area contributed by atoms with Crippen LogP contribution in [0.2, 0.25) is 10.0 Å². The van der Waals surface area contributed by atoms with Crippen LogP contribution in [0, 0.1) is 0 Å². The summed E-state index contributed by atoms with van der Waals surface area (Å²) in [5.74, 6) is -0.326. The molecule has 10 heteroatoms. The van der Waals surface area contributed by atoms with Crippen molar-refractivity contribution in [3.8, 4) is 17.4 Å². The molecular formula is C18H15Cl2N3O4S. The lowest BCUT2D eigenvalue weighted by Gasteiger charge is -2.11. The van der Waals surface area contributed by atoms with Crippen LogP contribution >= 0.6 is 35.0 Å². The van der Waals surface area contributed by atoms with Crippen LogP contribution in [0.5, 0.6) is 11.7 Å². The third kappa shape index (κ3) is 4.52. The first kappa shape index (κ1) is 20.3. The maximum absolute atomic E-state index is 12.5. The van der Waals surface area contributed by atoms with Crippen LogP contribution in [0.15, 0.2) is 52.0 Å². The highest BCUT2D eigenvalue weighted by molar-refractivity contribution is 8.00. The molecule has 1 atom stereocenters. The Morgan fingerprint density at radius 3 is 2.68 bits per heavy atom. The number of aromatic nitrogens is 2. The molecule has 0 saturated heterocycles. The van der Waals surface area contributed by atoms with Gasteiger partial charge in [-0.25, -0.2) is 0 Å². The first-order valence-corrected chi connectivity index (χ1v) is 9.68. The molecular weight excluding hydrogens is 425 g/mol. The normalized spacial score (nSPS) is 11.9. The van der Waals surface area contributed by atoms with Gasteiger partial charge >= 0.3 is 0 Å². The number of amides is 1. The molecule has 1 heterocycles. The number of thioether (sulfide) groups is 1. The molecule has 0 radical (unpaired) electrons. The quantitative estimate of drug-likeness (QED) is 0.466. The van der Waals surface area contributed by atoms with Crippen LogP contribution in [0.3, 0.4) is 0 Å². The first-order valence-electron chi connectivity index (χ1n) is 8.05. The molecule has 1 aromatic heterocycles. The van der Waals surface area contributed by atoms with Crippen LogP contribution in [0.1, 0.15) is 6.92 Å². The molecule has 1 unspecified atom stereocenters. The van der Waals surface area contributed by atoms with Crippen LogP contribution in [0.25, 0.3) is 5.69 Å². The monoisotopic (exact) mass is 439 g/mol. The van der Waals surface area contributed by atoms with Gasteiger partial charge in [0.25, 0.3) is 5.03 Å². The molecule has 0 bridgehead atoms. The predicted molar refractivity (Wildman–Crippen MR) is 104 cm³/mol. The zero-order chi connectivity index (χ0) is 20.3. The number of ether oxygens (including phenoxy) is 1. The van der Waals surface area contributed by atoms with Gasteiger partial charge in [0.2, 0.25) is 11.6 Å². The Balaban J connectivity index is 1.78. The molecule has 3 aromatic rings. The van der Waals surface area contributed by atoms with E-state index in [2.05, 4.69) is 10.6 Å². The number of carbonyl (C=O) groups is 1. The van der Waals surface area contributed by atoms with E-state index >= 15 is 0 Å². The van der Waals surface area contributed by atoms with E-state index in [1.54, 1.807) is 56.5 Å². The number of methoxy groups -OCH3 is 1. The highest BCUT2D eigenvalue weighted by Crippen LogP contribution is 2.30. The van der Waals surface area contributed by atoms with Gasteiger partial charge in [-0.05, 0) is 53.7 Å². The Labute approximate surface area is 175 Å². The summed E-state index contributed by atoms with van der Waals surface area (Å²) in [6.07, 6.45) is 0. The summed E-state index contributed by atoms with van der Waals surface area (Å²) >= 11 is 13.0. The van der Waals surface area contributed by atoms with Crippen molar-refractivity contribution in [2.24, 2.45) is 0 Å². The summed E-state index contributed by atoms with van der Waals surface area (Å²) < 4.78 is 11.2. The predicted octanol–water partition coefficient (Wildman–Crippen LogP) is 3.46. The minimum atomic E-state index is -0.638. The average molecular weight is 440 g/mol. The SMILES string of the molecule is COc1ccc(-[n+]2noc([O-])c2SC(C)C(=O)Nc2cc(Cl)ccc2Cl)cc1. The number of rotatable bonds is 6. The lowest BCUT2D eigenvalue weighted by atomic mass is 10.3. The minimum Gasteiger partial charge on any atom is -0.538 e. The summed E-state index contributed by atoms with van der Waals surface area (Å²) in [6, 6.07) is 11.7. The maximum Gasteiger partial charge on any atom is 0.298 e. The smallest absolute Gasteiger partial charge is 0.298 e. The molecule has 0 aliphatic carbocycles. The molecule has 7 nitrogen and oxygen atoms in total. The fourth-order valence-electron chi connectivity index (χ4n) is 2.27. The van der Waals surface area contributed by atoms with E-state index in [0.29, 0.717) is 27.2 Å². The van der Waals surface area contributed by atoms with E-state index in [0.717, 1.165) is 11.8 Å². The van der Waals surface area contributed by atoms with Crippen LogP contribution in [0.4, 0.5) is 5.69 Å². The second kappa shape index (κ2) is 8.72. The fraction of sp³-hybridized carbons (Fsp3) is 0.167. The highest BCUT2D eigenvalue weighted by Gasteiger charge is 2.27. The Hall–Kier alpha value is -2.42. The molecule has 0 fully saturated rings. The van der Waals surface area contributed by atoms with Crippen LogP contribution in [-0.2, 0) is 4.79 Å². The van der Waals surface area contributed by atoms with Crippen molar-refractivity contribution >= 4 is 46.6 Å².